The fourth-order valence-corrected chi connectivity index (χ4v) is 8.14. The molecular weight excluding hydrogens is 336 g/mol. The van der Waals surface area contributed by atoms with Gasteiger partial charge in [-0.25, -0.2) is 0 Å². The Kier molecular flexibility index (Phi) is 3.59. The van der Waals surface area contributed by atoms with E-state index in [0.717, 1.165) is 69.6 Å². The van der Waals surface area contributed by atoms with Crippen molar-refractivity contribution >= 4 is 11.8 Å². The minimum atomic E-state index is -0.0314. The first-order valence-corrected chi connectivity index (χ1v) is 11.4. The smallest absolute Gasteiger partial charge is 0.228 e. The van der Waals surface area contributed by atoms with E-state index in [1.54, 1.807) is 0 Å². The third kappa shape index (κ3) is 2.54. The molecule has 0 radical (unpaired) electrons. The van der Waals surface area contributed by atoms with Gasteiger partial charge in [0.05, 0.1) is 5.41 Å². The Morgan fingerprint density at radius 3 is 1.85 bits per heavy atom. The maximum atomic E-state index is 13.5. The SMILES string of the molecule is O=C([C@H]1C[C@H]2C=C[C@H]1C2)N1CCN(C(=O)C23CC4CC(CC(C4)C2)C3)CC1. The molecule has 4 heteroatoms. The van der Waals surface area contributed by atoms with Crippen LogP contribution >= 0.6 is 0 Å². The molecule has 2 amide bonds. The van der Waals surface area contributed by atoms with E-state index in [2.05, 4.69) is 22.0 Å². The zero-order valence-electron chi connectivity index (χ0n) is 16.3. The van der Waals surface area contributed by atoms with Crippen molar-refractivity contribution in [3.63, 3.8) is 0 Å². The average molecular weight is 369 g/mol. The Balaban J connectivity index is 1.10. The van der Waals surface area contributed by atoms with Crippen molar-refractivity contribution in [1.82, 2.24) is 9.80 Å². The number of allylic oxidation sites excluding steroid dienone is 2. The van der Waals surface area contributed by atoms with Gasteiger partial charge in [0.25, 0.3) is 0 Å². The zero-order chi connectivity index (χ0) is 18.2. The van der Waals surface area contributed by atoms with Gasteiger partial charge in [0.15, 0.2) is 0 Å². The van der Waals surface area contributed by atoms with Gasteiger partial charge in [-0.05, 0) is 81.0 Å². The number of amides is 2. The van der Waals surface area contributed by atoms with E-state index >= 15 is 0 Å². The minimum absolute atomic E-state index is 0.0314. The van der Waals surface area contributed by atoms with Gasteiger partial charge in [0.1, 0.15) is 0 Å². The first kappa shape index (κ1) is 16.6. The molecule has 3 atom stereocenters. The summed E-state index contributed by atoms with van der Waals surface area (Å²) in [5, 5.41) is 0. The first-order chi connectivity index (χ1) is 13.1. The molecule has 146 valence electrons. The molecule has 0 aromatic rings. The van der Waals surface area contributed by atoms with Crippen molar-refractivity contribution in [2.45, 2.75) is 51.4 Å². The van der Waals surface area contributed by atoms with Crippen molar-refractivity contribution in [2.75, 3.05) is 26.2 Å². The van der Waals surface area contributed by atoms with Crippen molar-refractivity contribution < 1.29 is 9.59 Å². The summed E-state index contributed by atoms with van der Waals surface area (Å²) < 4.78 is 0. The number of hydrogen-bond donors (Lipinski definition) is 0. The van der Waals surface area contributed by atoms with Crippen LogP contribution in [0.3, 0.4) is 0 Å². The Morgan fingerprint density at radius 2 is 1.33 bits per heavy atom. The molecule has 7 aliphatic rings. The quantitative estimate of drug-likeness (QED) is 0.703. The number of piperazine rings is 1. The summed E-state index contributed by atoms with van der Waals surface area (Å²) in [5.41, 5.74) is -0.0314. The standard InChI is InChI=1S/C23H32N2O2/c26-21(20-11-15-1-2-19(20)10-15)24-3-5-25(6-4-24)22(27)23-12-16-7-17(13-23)9-18(8-16)14-23/h1-2,15-20H,3-14H2/t15-,16?,17?,18?,19-,20-,23?/m0/s1. The summed E-state index contributed by atoms with van der Waals surface area (Å²) in [6.07, 6.45) is 14.4. The lowest BCUT2D eigenvalue weighted by Crippen LogP contribution is -2.59. The number of carbonyl (C=O) groups excluding carboxylic acids is 2. The van der Waals surface area contributed by atoms with E-state index in [1.807, 2.05) is 0 Å². The molecular formula is C23H32N2O2. The van der Waals surface area contributed by atoms with Crippen LogP contribution in [0.4, 0.5) is 0 Å². The molecule has 4 nitrogen and oxygen atoms in total. The lowest BCUT2D eigenvalue weighted by Gasteiger charge is -2.57. The van der Waals surface area contributed by atoms with Gasteiger partial charge in [-0.15, -0.1) is 0 Å². The predicted octanol–water partition coefficient (Wildman–Crippen LogP) is 3.09. The fourth-order valence-electron chi connectivity index (χ4n) is 8.14. The van der Waals surface area contributed by atoms with Crippen LogP contribution in [-0.4, -0.2) is 47.8 Å². The third-order valence-electron chi connectivity index (χ3n) is 8.97. The third-order valence-corrected chi connectivity index (χ3v) is 8.97. The van der Waals surface area contributed by atoms with Gasteiger partial charge in [0.2, 0.25) is 11.8 Å². The van der Waals surface area contributed by atoms with Crippen LogP contribution in [0.1, 0.15) is 51.4 Å². The van der Waals surface area contributed by atoms with Gasteiger partial charge in [-0.1, -0.05) is 12.2 Å². The normalized spacial score (nSPS) is 47.1. The van der Waals surface area contributed by atoms with Crippen molar-refractivity contribution in [2.24, 2.45) is 40.9 Å². The molecule has 0 aromatic heterocycles. The van der Waals surface area contributed by atoms with E-state index < -0.39 is 0 Å². The van der Waals surface area contributed by atoms with Crippen molar-refractivity contribution in [3.05, 3.63) is 12.2 Å². The van der Waals surface area contributed by atoms with E-state index in [9.17, 15) is 9.59 Å². The fraction of sp³-hybridized carbons (Fsp3) is 0.826. The maximum Gasteiger partial charge on any atom is 0.228 e. The Hall–Kier alpha value is -1.32. The second-order valence-corrected chi connectivity index (χ2v) is 10.7. The van der Waals surface area contributed by atoms with Crippen LogP contribution in [0.25, 0.3) is 0 Å². The van der Waals surface area contributed by atoms with Crippen LogP contribution in [0, 0.1) is 40.9 Å². The van der Waals surface area contributed by atoms with Gasteiger partial charge in [-0.3, -0.25) is 9.59 Å². The number of fused-ring (bicyclic) bond motifs is 2. The van der Waals surface area contributed by atoms with E-state index in [0.29, 0.717) is 23.7 Å². The molecule has 0 aromatic carbocycles. The molecule has 0 N–H and O–H groups in total. The highest BCUT2D eigenvalue weighted by Crippen LogP contribution is 2.60. The summed E-state index contributed by atoms with van der Waals surface area (Å²) >= 11 is 0. The molecule has 6 bridgehead atoms. The summed E-state index contributed by atoms with van der Waals surface area (Å²) in [6.45, 7) is 3.00. The summed E-state index contributed by atoms with van der Waals surface area (Å²) in [4.78, 5) is 30.7. The number of rotatable bonds is 2. The Morgan fingerprint density at radius 1 is 0.741 bits per heavy atom. The highest BCUT2D eigenvalue weighted by Gasteiger charge is 2.55. The molecule has 6 aliphatic carbocycles. The molecule has 5 saturated carbocycles. The molecule has 1 saturated heterocycles. The molecule has 6 fully saturated rings. The molecule has 1 heterocycles. The van der Waals surface area contributed by atoms with Crippen LogP contribution in [0.5, 0.6) is 0 Å². The molecule has 0 spiro atoms. The molecule has 27 heavy (non-hydrogen) atoms. The largest absolute Gasteiger partial charge is 0.339 e. The van der Waals surface area contributed by atoms with Crippen LogP contribution in [-0.2, 0) is 9.59 Å². The van der Waals surface area contributed by atoms with E-state index in [4.69, 9.17) is 0 Å². The summed E-state index contributed by atoms with van der Waals surface area (Å²) in [7, 11) is 0. The van der Waals surface area contributed by atoms with Crippen molar-refractivity contribution in [3.8, 4) is 0 Å². The minimum Gasteiger partial charge on any atom is -0.339 e. The second kappa shape index (κ2) is 5.84. The van der Waals surface area contributed by atoms with Crippen LogP contribution < -0.4 is 0 Å². The van der Waals surface area contributed by atoms with Gasteiger partial charge < -0.3 is 9.80 Å². The molecule has 7 rings (SSSR count). The average Bonchev–Trinajstić information content (AvgIpc) is 3.29. The highest BCUT2D eigenvalue weighted by molar-refractivity contribution is 5.84. The van der Waals surface area contributed by atoms with Gasteiger partial charge in [0, 0.05) is 32.1 Å². The summed E-state index contributed by atoms with van der Waals surface area (Å²) in [6, 6.07) is 0. The first-order valence-electron chi connectivity index (χ1n) is 11.4. The molecule has 0 unspecified atom stereocenters. The lowest BCUT2D eigenvalue weighted by molar-refractivity contribution is -0.161. The molecule has 1 aliphatic heterocycles. The number of nitrogens with zero attached hydrogens (tertiary/aromatic N) is 2. The van der Waals surface area contributed by atoms with Gasteiger partial charge in [-0.2, -0.15) is 0 Å². The number of hydrogen-bond acceptors (Lipinski definition) is 2. The summed E-state index contributed by atoms with van der Waals surface area (Å²) in [5.74, 6) is 4.57. The van der Waals surface area contributed by atoms with Gasteiger partial charge >= 0.3 is 0 Å². The van der Waals surface area contributed by atoms with E-state index in [1.165, 1.54) is 25.7 Å². The van der Waals surface area contributed by atoms with Crippen molar-refractivity contribution in [1.29, 1.82) is 0 Å². The Bertz CT molecular complexity index is 655. The van der Waals surface area contributed by atoms with Crippen LogP contribution in [0.15, 0.2) is 12.2 Å². The maximum absolute atomic E-state index is 13.5. The second-order valence-electron chi connectivity index (χ2n) is 10.7. The highest BCUT2D eigenvalue weighted by atomic mass is 16.2. The van der Waals surface area contributed by atoms with E-state index in [-0.39, 0.29) is 11.3 Å². The number of carbonyl (C=O) groups is 2. The topological polar surface area (TPSA) is 40.6 Å². The predicted molar refractivity (Wildman–Crippen MR) is 103 cm³/mol. The Labute approximate surface area is 162 Å². The monoisotopic (exact) mass is 368 g/mol. The zero-order valence-corrected chi connectivity index (χ0v) is 16.3. The van der Waals surface area contributed by atoms with Crippen LogP contribution in [0.2, 0.25) is 0 Å². The lowest BCUT2D eigenvalue weighted by atomic mass is 9.49.